The number of hydrogen-bond acceptors (Lipinski definition) is 5. The molecule has 1 fully saturated rings. The molecule has 0 atom stereocenters. The number of carbonyl (C=O) groups excluding carboxylic acids is 1. The van der Waals surface area contributed by atoms with Gasteiger partial charge in [-0.15, -0.1) is 11.3 Å². The molecule has 0 saturated carbocycles. The first-order chi connectivity index (χ1) is 11.7. The fraction of sp³-hybridized carbons (Fsp3) is 0.294. The second kappa shape index (κ2) is 6.35. The van der Waals surface area contributed by atoms with E-state index in [1.807, 2.05) is 29.3 Å². The smallest absolute Gasteiger partial charge is 0.301 e. The zero-order chi connectivity index (χ0) is 16.5. The van der Waals surface area contributed by atoms with Crippen molar-refractivity contribution in [3.63, 3.8) is 0 Å². The van der Waals surface area contributed by atoms with Crippen LogP contribution in [0.5, 0.6) is 0 Å². The number of fused-ring (bicyclic) bond motifs is 1. The standard InChI is InChI=1S/C17H18N4O2S/c1-20-8-10-21(11-9-20)19-16(22)13-6-7-14(23-13)17-18-12-4-2-3-5-15(12)24-17/h2-7H,8-11H2,1H3,(H,19,22)/p+1. The molecule has 124 valence electrons. The lowest BCUT2D eigenvalue weighted by Gasteiger charge is -2.29. The van der Waals surface area contributed by atoms with Crippen molar-refractivity contribution in [1.29, 1.82) is 0 Å². The van der Waals surface area contributed by atoms with Gasteiger partial charge in [0.1, 0.15) is 0 Å². The van der Waals surface area contributed by atoms with Crippen molar-refractivity contribution in [3.8, 4) is 10.8 Å². The Bertz CT molecular complexity index is 831. The highest BCUT2D eigenvalue weighted by molar-refractivity contribution is 7.21. The van der Waals surface area contributed by atoms with Crippen LogP contribution in [-0.2, 0) is 0 Å². The second-order valence-corrected chi connectivity index (χ2v) is 7.07. The number of nitrogens with one attached hydrogen (secondary N) is 2. The summed E-state index contributed by atoms with van der Waals surface area (Å²) in [6.45, 7) is 3.75. The number of benzene rings is 1. The van der Waals surface area contributed by atoms with Gasteiger partial charge in [0.25, 0.3) is 0 Å². The average molecular weight is 343 g/mol. The minimum absolute atomic E-state index is 0.207. The van der Waals surface area contributed by atoms with Crippen molar-refractivity contribution in [2.75, 3.05) is 33.2 Å². The molecular weight excluding hydrogens is 324 g/mol. The monoisotopic (exact) mass is 343 g/mol. The van der Waals surface area contributed by atoms with Gasteiger partial charge in [-0.2, -0.15) is 0 Å². The normalized spacial score (nSPS) is 16.5. The molecule has 0 unspecified atom stereocenters. The van der Waals surface area contributed by atoms with Gasteiger partial charge in [0.15, 0.2) is 16.5 Å². The predicted octanol–water partition coefficient (Wildman–Crippen LogP) is 1.03. The van der Waals surface area contributed by atoms with Gasteiger partial charge < -0.3 is 9.32 Å². The highest BCUT2D eigenvalue weighted by atomic mass is 32.1. The van der Waals surface area contributed by atoms with E-state index in [9.17, 15) is 4.79 Å². The van der Waals surface area contributed by atoms with E-state index < -0.39 is 0 Å². The highest BCUT2D eigenvalue weighted by Crippen LogP contribution is 2.31. The van der Waals surface area contributed by atoms with Gasteiger partial charge in [-0.1, -0.05) is 12.1 Å². The second-order valence-electron chi connectivity index (χ2n) is 6.04. The summed E-state index contributed by atoms with van der Waals surface area (Å²) in [6.07, 6.45) is 0. The summed E-state index contributed by atoms with van der Waals surface area (Å²) < 4.78 is 6.83. The summed E-state index contributed by atoms with van der Waals surface area (Å²) in [6, 6.07) is 11.5. The number of thiazole rings is 1. The summed E-state index contributed by atoms with van der Waals surface area (Å²) in [5, 5.41) is 2.74. The third-order valence-corrected chi connectivity index (χ3v) is 5.26. The van der Waals surface area contributed by atoms with Crippen LogP contribution in [0.15, 0.2) is 40.8 Å². The van der Waals surface area contributed by atoms with E-state index in [0.29, 0.717) is 11.5 Å². The van der Waals surface area contributed by atoms with Gasteiger partial charge in [0.2, 0.25) is 0 Å². The van der Waals surface area contributed by atoms with Crippen LogP contribution in [-0.4, -0.2) is 49.1 Å². The van der Waals surface area contributed by atoms with E-state index in [2.05, 4.69) is 17.5 Å². The lowest BCUT2D eigenvalue weighted by Crippen LogP contribution is -3.12. The molecule has 2 N–H and O–H groups in total. The quantitative estimate of drug-likeness (QED) is 0.746. The van der Waals surface area contributed by atoms with Gasteiger partial charge in [0, 0.05) is 0 Å². The van der Waals surface area contributed by atoms with Gasteiger partial charge in [-0.05, 0) is 24.3 Å². The van der Waals surface area contributed by atoms with Gasteiger partial charge in [0.05, 0.1) is 43.4 Å². The molecule has 1 saturated heterocycles. The third-order valence-electron chi connectivity index (χ3n) is 4.21. The molecule has 0 bridgehead atoms. The van der Waals surface area contributed by atoms with Crippen LogP contribution in [0.3, 0.4) is 0 Å². The number of rotatable bonds is 3. The lowest BCUT2D eigenvalue weighted by atomic mass is 10.3. The van der Waals surface area contributed by atoms with Crippen LogP contribution in [0.1, 0.15) is 10.6 Å². The molecule has 1 aromatic carbocycles. The average Bonchev–Trinajstić information content (AvgIpc) is 3.23. The van der Waals surface area contributed by atoms with E-state index in [1.54, 1.807) is 23.5 Å². The Morgan fingerprint density at radius 2 is 2.04 bits per heavy atom. The topological polar surface area (TPSA) is 62.8 Å². The molecule has 1 aliphatic rings. The summed E-state index contributed by atoms with van der Waals surface area (Å²) in [4.78, 5) is 18.4. The zero-order valence-corrected chi connectivity index (χ0v) is 14.2. The Hall–Kier alpha value is -2.22. The van der Waals surface area contributed by atoms with Crippen molar-refractivity contribution in [3.05, 3.63) is 42.2 Å². The number of likely N-dealkylation sites (N-methyl/N-ethyl adjacent to an activating group) is 1. The summed E-state index contributed by atoms with van der Waals surface area (Å²) in [5.74, 6) is 0.738. The Balaban J connectivity index is 1.48. The number of furan rings is 1. The molecule has 4 rings (SSSR count). The highest BCUT2D eigenvalue weighted by Gasteiger charge is 2.21. The Kier molecular flexibility index (Phi) is 4.05. The first-order valence-electron chi connectivity index (χ1n) is 8.02. The predicted molar refractivity (Wildman–Crippen MR) is 93.0 cm³/mol. The maximum Gasteiger partial charge on any atom is 0.301 e. The van der Waals surface area contributed by atoms with Crippen LogP contribution in [0, 0.1) is 0 Å². The number of hydrogen-bond donors (Lipinski definition) is 2. The van der Waals surface area contributed by atoms with Crippen LogP contribution >= 0.6 is 11.3 Å². The fourth-order valence-corrected chi connectivity index (χ4v) is 3.68. The molecule has 2 aromatic heterocycles. The number of para-hydroxylation sites is 1. The lowest BCUT2D eigenvalue weighted by molar-refractivity contribution is -0.884. The summed E-state index contributed by atoms with van der Waals surface area (Å²) in [5.41, 5.74) is 3.86. The van der Waals surface area contributed by atoms with Crippen LogP contribution in [0.2, 0.25) is 0 Å². The molecule has 1 amide bonds. The SMILES string of the molecule is C[NH+]1CCN(NC(=O)c2ccc(-c3nc4ccccc4s3)o2)CC1. The van der Waals surface area contributed by atoms with Crippen LogP contribution < -0.4 is 10.3 Å². The van der Waals surface area contributed by atoms with Crippen LogP contribution in [0.25, 0.3) is 21.0 Å². The number of quaternary nitrogens is 1. The number of nitrogens with zero attached hydrogens (tertiary/aromatic N) is 2. The number of carbonyl (C=O) groups is 1. The third kappa shape index (κ3) is 3.06. The zero-order valence-electron chi connectivity index (χ0n) is 13.4. The molecule has 3 heterocycles. The first kappa shape index (κ1) is 15.3. The Morgan fingerprint density at radius 3 is 2.83 bits per heavy atom. The molecule has 3 aromatic rings. The maximum absolute atomic E-state index is 12.3. The molecular formula is C17H19N4O2S+. The van der Waals surface area contributed by atoms with Crippen molar-refractivity contribution < 1.29 is 14.1 Å². The van der Waals surface area contributed by atoms with E-state index >= 15 is 0 Å². The Morgan fingerprint density at radius 1 is 1.25 bits per heavy atom. The largest absolute Gasteiger partial charge is 0.448 e. The fourth-order valence-electron chi connectivity index (χ4n) is 2.75. The van der Waals surface area contributed by atoms with E-state index in [1.165, 1.54) is 4.90 Å². The number of aromatic nitrogens is 1. The van der Waals surface area contributed by atoms with E-state index in [4.69, 9.17) is 4.42 Å². The van der Waals surface area contributed by atoms with Crippen molar-refractivity contribution in [2.45, 2.75) is 0 Å². The van der Waals surface area contributed by atoms with Crippen molar-refractivity contribution in [1.82, 2.24) is 15.4 Å². The molecule has 0 radical (unpaired) electrons. The van der Waals surface area contributed by atoms with E-state index in [-0.39, 0.29) is 5.91 Å². The van der Waals surface area contributed by atoms with Gasteiger partial charge in [-0.3, -0.25) is 10.2 Å². The molecule has 0 aliphatic carbocycles. The van der Waals surface area contributed by atoms with Crippen molar-refractivity contribution in [2.24, 2.45) is 0 Å². The minimum atomic E-state index is -0.207. The maximum atomic E-state index is 12.3. The molecule has 1 aliphatic heterocycles. The molecule has 0 spiro atoms. The number of amides is 1. The summed E-state index contributed by atoms with van der Waals surface area (Å²) >= 11 is 1.56. The molecule has 7 heteroatoms. The molecule has 24 heavy (non-hydrogen) atoms. The van der Waals surface area contributed by atoms with Crippen molar-refractivity contribution >= 4 is 27.5 Å². The first-order valence-corrected chi connectivity index (χ1v) is 8.84. The van der Waals surface area contributed by atoms with Gasteiger partial charge in [-0.25, -0.2) is 9.99 Å². The summed E-state index contributed by atoms with van der Waals surface area (Å²) in [7, 11) is 2.16. The minimum Gasteiger partial charge on any atom is -0.448 e. The van der Waals surface area contributed by atoms with E-state index in [0.717, 1.165) is 41.4 Å². The molecule has 6 nitrogen and oxygen atoms in total. The van der Waals surface area contributed by atoms with Crippen LogP contribution in [0.4, 0.5) is 0 Å². The number of piperazine rings is 1. The van der Waals surface area contributed by atoms with Gasteiger partial charge >= 0.3 is 5.91 Å². The Labute approximate surface area is 143 Å². The number of hydrazine groups is 1.